The maximum atomic E-state index is 12.0. The summed E-state index contributed by atoms with van der Waals surface area (Å²) in [7, 11) is 3.11. The molecule has 0 heterocycles. The first-order valence-electron chi connectivity index (χ1n) is 7.59. The van der Waals surface area contributed by atoms with Crippen LogP contribution in [0.15, 0.2) is 18.2 Å². The molecule has 1 fully saturated rings. The average molecular weight is 321 g/mol. The van der Waals surface area contributed by atoms with Gasteiger partial charge in [0.2, 0.25) is 5.91 Å². The lowest BCUT2D eigenvalue weighted by Gasteiger charge is -2.24. The number of carbonyl (C=O) groups excluding carboxylic acids is 2. The number of methoxy groups -OCH3 is 2. The van der Waals surface area contributed by atoms with Crippen LogP contribution in [0.5, 0.6) is 11.5 Å². The first-order chi connectivity index (χ1) is 11.0. The molecule has 0 atom stereocenters. The highest BCUT2D eigenvalue weighted by atomic mass is 16.5. The van der Waals surface area contributed by atoms with Crippen molar-refractivity contribution in [2.45, 2.75) is 25.8 Å². The first kappa shape index (κ1) is 16.9. The second-order valence-electron chi connectivity index (χ2n) is 5.38. The molecule has 7 heteroatoms. The molecule has 1 saturated carbocycles. The van der Waals surface area contributed by atoms with E-state index >= 15 is 0 Å². The zero-order valence-electron chi connectivity index (χ0n) is 13.7. The summed E-state index contributed by atoms with van der Waals surface area (Å²) in [5.74, 6) is 1.07. The van der Waals surface area contributed by atoms with E-state index in [-0.39, 0.29) is 11.9 Å². The van der Waals surface area contributed by atoms with Gasteiger partial charge in [0.1, 0.15) is 11.5 Å². The summed E-state index contributed by atoms with van der Waals surface area (Å²) in [4.78, 5) is 25.2. The van der Waals surface area contributed by atoms with Gasteiger partial charge in [-0.3, -0.25) is 4.79 Å². The quantitative estimate of drug-likeness (QED) is 0.798. The summed E-state index contributed by atoms with van der Waals surface area (Å²) >= 11 is 0. The molecule has 1 aliphatic rings. The van der Waals surface area contributed by atoms with Crippen molar-refractivity contribution in [2.24, 2.45) is 0 Å². The minimum absolute atomic E-state index is 0.138. The number of nitrogens with zero attached hydrogens (tertiary/aromatic N) is 1. The van der Waals surface area contributed by atoms with Gasteiger partial charge in [0, 0.05) is 32.1 Å². The van der Waals surface area contributed by atoms with Crippen LogP contribution in [0.4, 0.5) is 10.5 Å². The summed E-state index contributed by atoms with van der Waals surface area (Å²) in [6, 6.07) is 5.36. The Labute approximate surface area is 135 Å². The predicted molar refractivity (Wildman–Crippen MR) is 87.1 cm³/mol. The van der Waals surface area contributed by atoms with Gasteiger partial charge >= 0.3 is 6.03 Å². The number of hydrogen-bond donors (Lipinski definition) is 2. The third-order valence-electron chi connectivity index (χ3n) is 3.59. The molecular weight excluding hydrogens is 298 g/mol. The van der Waals surface area contributed by atoms with Crippen LogP contribution in [0.2, 0.25) is 0 Å². The molecule has 3 amide bonds. The number of hydrogen-bond acceptors (Lipinski definition) is 4. The molecule has 23 heavy (non-hydrogen) atoms. The van der Waals surface area contributed by atoms with Crippen LogP contribution < -0.4 is 25.0 Å². The van der Waals surface area contributed by atoms with E-state index in [1.165, 1.54) is 6.92 Å². The highest BCUT2D eigenvalue weighted by Crippen LogP contribution is 2.32. The molecule has 0 spiro atoms. The third-order valence-corrected chi connectivity index (χ3v) is 3.59. The van der Waals surface area contributed by atoms with E-state index in [2.05, 4.69) is 10.6 Å². The summed E-state index contributed by atoms with van der Waals surface area (Å²) in [6.45, 7) is 2.17. The second-order valence-corrected chi connectivity index (χ2v) is 5.38. The van der Waals surface area contributed by atoms with Crippen LogP contribution in [0.1, 0.15) is 19.8 Å². The van der Waals surface area contributed by atoms with Gasteiger partial charge in [-0.2, -0.15) is 0 Å². The summed E-state index contributed by atoms with van der Waals surface area (Å²) in [6.07, 6.45) is 2.07. The Bertz CT molecular complexity index is 572. The van der Waals surface area contributed by atoms with Crippen LogP contribution in [0.3, 0.4) is 0 Å². The topological polar surface area (TPSA) is 79.9 Å². The zero-order valence-corrected chi connectivity index (χ0v) is 13.7. The van der Waals surface area contributed by atoms with E-state index in [0.29, 0.717) is 36.3 Å². The molecule has 0 bridgehead atoms. The Morgan fingerprint density at radius 3 is 2.57 bits per heavy atom. The fourth-order valence-corrected chi connectivity index (χ4v) is 2.20. The lowest BCUT2D eigenvalue weighted by atomic mass is 10.2. The predicted octanol–water partition coefficient (Wildman–Crippen LogP) is 1.52. The van der Waals surface area contributed by atoms with Crippen molar-refractivity contribution < 1.29 is 19.1 Å². The van der Waals surface area contributed by atoms with Crippen LogP contribution >= 0.6 is 0 Å². The summed E-state index contributed by atoms with van der Waals surface area (Å²) in [5.41, 5.74) is 0.615. The van der Waals surface area contributed by atoms with Gasteiger partial charge in [0.25, 0.3) is 0 Å². The molecule has 0 aliphatic heterocycles. The largest absolute Gasteiger partial charge is 0.497 e. The molecule has 0 radical (unpaired) electrons. The van der Waals surface area contributed by atoms with Crippen molar-refractivity contribution in [3.8, 4) is 11.5 Å². The number of anilines is 1. The van der Waals surface area contributed by atoms with E-state index in [4.69, 9.17) is 9.47 Å². The first-order valence-corrected chi connectivity index (χ1v) is 7.59. The van der Waals surface area contributed by atoms with Crippen molar-refractivity contribution in [1.82, 2.24) is 10.6 Å². The van der Waals surface area contributed by atoms with Crippen molar-refractivity contribution in [3.63, 3.8) is 0 Å². The molecule has 2 N–H and O–H groups in total. The van der Waals surface area contributed by atoms with E-state index < -0.39 is 0 Å². The number of rotatable bonds is 7. The monoisotopic (exact) mass is 321 g/mol. The Morgan fingerprint density at radius 2 is 2.00 bits per heavy atom. The molecule has 0 aromatic heterocycles. The standard InChI is InChI=1S/C16H23N3O4/c1-11(20)19(9-8-17-16(21)18-12-4-5-12)14-10-13(22-2)6-7-15(14)23-3/h6-7,10,12H,4-5,8-9H2,1-3H3,(H2,17,18,21). The van der Waals surface area contributed by atoms with Crippen LogP contribution in [0.25, 0.3) is 0 Å². The van der Waals surface area contributed by atoms with Crippen LogP contribution in [-0.2, 0) is 4.79 Å². The fraction of sp³-hybridized carbons (Fsp3) is 0.500. The fourth-order valence-electron chi connectivity index (χ4n) is 2.20. The average Bonchev–Trinajstić information content (AvgIpc) is 3.34. The smallest absolute Gasteiger partial charge is 0.315 e. The van der Waals surface area contributed by atoms with Gasteiger partial charge in [-0.15, -0.1) is 0 Å². The summed E-state index contributed by atoms with van der Waals surface area (Å²) < 4.78 is 10.5. The number of urea groups is 1. The van der Waals surface area contributed by atoms with Gasteiger partial charge in [-0.1, -0.05) is 0 Å². The number of benzene rings is 1. The second kappa shape index (κ2) is 7.71. The third kappa shape index (κ3) is 4.77. The number of amides is 3. The normalized spacial score (nSPS) is 13.2. The van der Waals surface area contributed by atoms with Crippen LogP contribution in [0, 0.1) is 0 Å². The van der Waals surface area contributed by atoms with Gasteiger partial charge < -0.3 is 25.0 Å². The minimum Gasteiger partial charge on any atom is -0.497 e. The van der Waals surface area contributed by atoms with Gasteiger partial charge in [0.05, 0.1) is 19.9 Å². The summed E-state index contributed by atoms with van der Waals surface area (Å²) in [5, 5.41) is 5.60. The molecule has 0 saturated heterocycles. The van der Waals surface area contributed by atoms with Crippen molar-refractivity contribution in [3.05, 3.63) is 18.2 Å². The Balaban J connectivity index is 2.02. The molecule has 2 rings (SSSR count). The van der Waals surface area contributed by atoms with Crippen molar-refractivity contribution in [2.75, 3.05) is 32.2 Å². The molecule has 1 aromatic rings. The minimum atomic E-state index is -0.200. The maximum Gasteiger partial charge on any atom is 0.315 e. The highest BCUT2D eigenvalue weighted by molar-refractivity contribution is 5.93. The number of ether oxygens (including phenoxy) is 2. The lowest BCUT2D eigenvalue weighted by molar-refractivity contribution is -0.116. The Hall–Kier alpha value is -2.44. The number of carbonyl (C=O) groups is 2. The maximum absolute atomic E-state index is 12.0. The SMILES string of the molecule is COc1ccc(OC)c(N(CCNC(=O)NC2CC2)C(C)=O)c1. The lowest BCUT2D eigenvalue weighted by Crippen LogP contribution is -2.42. The van der Waals surface area contributed by atoms with Gasteiger partial charge in [0.15, 0.2) is 0 Å². The van der Waals surface area contributed by atoms with E-state index in [1.54, 1.807) is 37.3 Å². The molecule has 1 aliphatic carbocycles. The molecular formula is C16H23N3O4. The molecule has 0 unspecified atom stereocenters. The highest BCUT2D eigenvalue weighted by Gasteiger charge is 2.23. The van der Waals surface area contributed by atoms with Gasteiger partial charge in [-0.05, 0) is 25.0 Å². The zero-order chi connectivity index (χ0) is 16.8. The van der Waals surface area contributed by atoms with Crippen molar-refractivity contribution >= 4 is 17.6 Å². The van der Waals surface area contributed by atoms with Gasteiger partial charge in [-0.25, -0.2) is 4.79 Å². The Morgan fingerprint density at radius 1 is 1.26 bits per heavy atom. The number of nitrogens with one attached hydrogen (secondary N) is 2. The molecule has 126 valence electrons. The van der Waals surface area contributed by atoms with Crippen LogP contribution in [-0.4, -0.2) is 45.3 Å². The molecule has 7 nitrogen and oxygen atoms in total. The van der Waals surface area contributed by atoms with E-state index in [9.17, 15) is 9.59 Å². The Kier molecular flexibility index (Phi) is 5.67. The van der Waals surface area contributed by atoms with Crippen molar-refractivity contribution in [1.29, 1.82) is 0 Å². The van der Waals surface area contributed by atoms with E-state index in [1.807, 2.05) is 0 Å². The van der Waals surface area contributed by atoms with E-state index in [0.717, 1.165) is 12.8 Å². The molecule has 1 aromatic carbocycles.